The Morgan fingerprint density at radius 2 is 1.52 bits per heavy atom. The number of allylic oxidation sites excluding steroid dienone is 1. The predicted octanol–water partition coefficient (Wildman–Crippen LogP) is 5.26. The second-order valence-electron chi connectivity index (χ2n) is 6.25. The highest BCUT2D eigenvalue weighted by Gasteiger charge is 2.33. The summed E-state index contributed by atoms with van der Waals surface area (Å²) >= 11 is 1.64. The number of carbonyl (C=O) groups is 1. The van der Waals surface area contributed by atoms with Gasteiger partial charge in [-0.2, -0.15) is 0 Å². The Balaban J connectivity index is 2.21. The number of thioether (sulfide) groups is 1. The van der Waals surface area contributed by atoms with E-state index in [0.717, 1.165) is 15.4 Å². The van der Waals surface area contributed by atoms with Gasteiger partial charge in [-0.05, 0) is 22.9 Å². The maximum Gasteiger partial charge on any atom is 0.200 e. The minimum Gasteiger partial charge on any atom is -0.288 e. The molecule has 0 amide bonds. The van der Waals surface area contributed by atoms with E-state index in [-0.39, 0.29) is 5.78 Å². The van der Waals surface area contributed by atoms with Gasteiger partial charge in [0.25, 0.3) is 0 Å². The normalized spacial score (nSPS) is 16.8. The SMILES string of the molecule is C[Si](C)(C)/C(=C1\Sc2ccccc2C1=O)c1ccccc1. The first-order valence-electron chi connectivity index (χ1n) is 7.10. The summed E-state index contributed by atoms with van der Waals surface area (Å²) in [5.41, 5.74) is 2.05. The Morgan fingerprint density at radius 1 is 0.905 bits per heavy atom. The minimum absolute atomic E-state index is 0.192. The van der Waals surface area contributed by atoms with E-state index in [9.17, 15) is 4.79 Å². The van der Waals surface area contributed by atoms with Crippen LogP contribution in [-0.4, -0.2) is 13.9 Å². The number of benzene rings is 2. The van der Waals surface area contributed by atoms with Crippen LogP contribution in [0.2, 0.25) is 19.6 Å². The number of hydrogen-bond donors (Lipinski definition) is 0. The van der Waals surface area contributed by atoms with Gasteiger partial charge in [-0.25, -0.2) is 0 Å². The fourth-order valence-electron chi connectivity index (χ4n) is 2.70. The lowest BCUT2D eigenvalue weighted by Gasteiger charge is -2.23. The number of fused-ring (bicyclic) bond motifs is 1. The first-order valence-corrected chi connectivity index (χ1v) is 11.4. The highest BCUT2D eigenvalue weighted by molar-refractivity contribution is 8.05. The van der Waals surface area contributed by atoms with Crippen molar-refractivity contribution < 1.29 is 4.79 Å². The van der Waals surface area contributed by atoms with Gasteiger partial charge < -0.3 is 0 Å². The van der Waals surface area contributed by atoms with Gasteiger partial charge in [0.2, 0.25) is 5.78 Å². The van der Waals surface area contributed by atoms with Gasteiger partial charge in [0.15, 0.2) is 0 Å². The zero-order valence-corrected chi connectivity index (χ0v) is 14.3. The van der Waals surface area contributed by atoms with Crippen molar-refractivity contribution in [2.24, 2.45) is 0 Å². The molecule has 2 aromatic carbocycles. The van der Waals surface area contributed by atoms with E-state index in [1.165, 1.54) is 10.8 Å². The van der Waals surface area contributed by atoms with E-state index < -0.39 is 8.07 Å². The molecule has 0 saturated carbocycles. The average molecular weight is 310 g/mol. The van der Waals surface area contributed by atoms with Crippen LogP contribution in [0, 0.1) is 0 Å². The van der Waals surface area contributed by atoms with Crippen molar-refractivity contribution >= 4 is 30.8 Å². The van der Waals surface area contributed by atoms with Crippen LogP contribution in [0.25, 0.3) is 5.20 Å². The fourth-order valence-corrected chi connectivity index (χ4v) is 6.65. The van der Waals surface area contributed by atoms with E-state index in [1.807, 2.05) is 42.5 Å². The number of ketones is 1. The Kier molecular flexibility index (Phi) is 3.63. The summed E-state index contributed by atoms with van der Waals surface area (Å²) in [7, 11) is -1.64. The van der Waals surface area contributed by atoms with Gasteiger partial charge in [0, 0.05) is 10.5 Å². The molecule has 3 rings (SSSR count). The van der Waals surface area contributed by atoms with Gasteiger partial charge in [-0.3, -0.25) is 4.79 Å². The maximum absolute atomic E-state index is 12.8. The molecule has 1 aliphatic heterocycles. The molecule has 0 fully saturated rings. The lowest BCUT2D eigenvalue weighted by molar-refractivity contribution is 0.104. The summed E-state index contributed by atoms with van der Waals surface area (Å²) in [6, 6.07) is 18.3. The van der Waals surface area contributed by atoms with E-state index in [1.54, 1.807) is 11.8 Å². The Hall–Kier alpha value is -1.58. The molecule has 106 valence electrons. The number of carbonyl (C=O) groups excluding carboxylic acids is 1. The Morgan fingerprint density at radius 3 is 2.14 bits per heavy atom. The smallest absolute Gasteiger partial charge is 0.200 e. The molecule has 0 N–H and O–H groups in total. The molecule has 1 nitrogen and oxygen atoms in total. The maximum atomic E-state index is 12.8. The van der Waals surface area contributed by atoms with Crippen LogP contribution < -0.4 is 0 Å². The third-order valence-electron chi connectivity index (χ3n) is 3.59. The van der Waals surface area contributed by atoms with E-state index in [2.05, 4.69) is 31.8 Å². The molecule has 21 heavy (non-hydrogen) atoms. The molecule has 0 radical (unpaired) electrons. The van der Waals surface area contributed by atoms with Crippen LogP contribution in [0.4, 0.5) is 0 Å². The molecular formula is C18H18OSSi. The predicted molar refractivity (Wildman–Crippen MR) is 93.3 cm³/mol. The zero-order valence-electron chi connectivity index (χ0n) is 12.5. The van der Waals surface area contributed by atoms with Crippen LogP contribution in [0.5, 0.6) is 0 Å². The molecule has 0 aromatic heterocycles. The summed E-state index contributed by atoms with van der Waals surface area (Å²) in [5, 5.41) is 1.27. The van der Waals surface area contributed by atoms with Crippen LogP contribution in [0.15, 0.2) is 64.4 Å². The Bertz CT molecular complexity index is 726. The largest absolute Gasteiger partial charge is 0.288 e. The molecule has 0 atom stereocenters. The summed E-state index contributed by atoms with van der Waals surface area (Å²) in [6.45, 7) is 6.91. The molecule has 2 aromatic rings. The first kappa shape index (κ1) is 14.4. The van der Waals surface area contributed by atoms with Crippen LogP contribution in [0.3, 0.4) is 0 Å². The van der Waals surface area contributed by atoms with Crippen molar-refractivity contribution in [2.45, 2.75) is 24.5 Å². The molecule has 0 spiro atoms. The van der Waals surface area contributed by atoms with Crippen molar-refractivity contribution in [1.82, 2.24) is 0 Å². The molecule has 0 bridgehead atoms. The summed E-state index contributed by atoms with van der Waals surface area (Å²) in [4.78, 5) is 14.8. The van der Waals surface area contributed by atoms with Crippen molar-refractivity contribution in [3.8, 4) is 0 Å². The third kappa shape index (κ3) is 2.63. The lowest BCUT2D eigenvalue weighted by atomic mass is 10.1. The van der Waals surface area contributed by atoms with Gasteiger partial charge >= 0.3 is 0 Å². The van der Waals surface area contributed by atoms with Crippen LogP contribution in [-0.2, 0) is 0 Å². The number of rotatable bonds is 2. The summed E-state index contributed by atoms with van der Waals surface area (Å²) < 4.78 is 0. The quantitative estimate of drug-likeness (QED) is 0.555. The van der Waals surface area contributed by atoms with Gasteiger partial charge in [-0.15, -0.1) is 0 Å². The molecule has 1 heterocycles. The molecular weight excluding hydrogens is 292 g/mol. The third-order valence-corrected chi connectivity index (χ3v) is 6.98. The molecule has 0 saturated heterocycles. The van der Waals surface area contributed by atoms with Crippen molar-refractivity contribution in [3.05, 3.63) is 70.6 Å². The van der Waals surface area contributed by atoms with E-state index in [4.69, 9.17) is 0 Å². The van der Waals surface area contributed by atoms with Gasteiger partial charge in [-0.1, -0.05) is 73.9 Å². The molecule has 1 aliphatic rings. The molecule has 3 heteroatoms. The first-order chi connectivity index (χ1) is 9.98. The minimum atomic E-state index is -1.64. The van der Waals surface area contributed by atoms with Crippen LogP contribution >= 0.6 is 11.8 Å². The van der Waals surface area contributed by atoms with Gasteiger partial charge in [0.05, 0.1) is 13.0 Å². The number of hydrogen-bond acceptors (Lipinski definition) is 2. The topological polar surface area (TPSA) is 17.1 Å². The van der Waals surface area contributed by atoms with E-state index in [0.29, 0.717) is 0 Å². The lowest BCUT2D eigenvalue weighted by Crippen LogP contribution is -2.25. The summed E-state index contributed by atoms with van der Waals surface area (Å²) in [6.07, 6.45) is 0. The van der Waals surface area contributed by atoms with Gasteiger partial charge in [0.1, 0.15) is 0 Å². The fraction of sp³-hybridized carbons (Fsp3) is 0.167. The Labute approximate surface area is 131 Å². The average Bonchev–Trinajstić information content (AvgIpc) is 2.77. The van der Waals surface area contributed by atoms with Crippen LogP contribution in [0.1, 0.15) is 15.9 Å². The summed E-state index contributed by atoms with van der Waals surface area (Å²) in [5.74, 6) is 0.192. The zero-order chi connectivity index (χ0) is 15.0. The van der Waals surface area contributed by atoms with Crippen molar-refractivity contribution in [2.75, 3.05) is 0 Å². The second kappa shape index (κ2) is 5.32. The second-order valence-corrected chi connectivity index (χ2v) is 12.3. The standard InChI is InChI=1S/C18H18OSSi/c1-21(2,3)18(13-9-5-4-6-10-13)17-16(19)14-11-7-8-12-15(14)20-17/h4-12H,1-3H3/b18-17-. The number of Topliss-reactive ketones (excluding diaryl/α,β-unsaturated/α-hetero) is 1. The van der Waals surface area contributed by atoms with Crippen molar-refractivity contribution in [1.29, 1.82) is 0 Å². The highest BCUT2D eigenvalue weighted by atomic mass is 32.2. The van der Waals surface area contributed by atoms with Crippen molar-refractivity contribution in [3.63, 3.8) is 0 Å². The monoisotopic (exact) mass is 310 g/mol. The van der Waals surface area contributed by atoms with E-state index >= 15 is 0 Å². The molecule has 0 unspecified atom stereocenters. The highest BCUT2D eigenvalue weighted by Crippen LogP contribution is 2.45. The molecule has 0 aliphatic carbocycles.